The van der Waals surface area contributed by atoms with Crippen LogP contribution in [-0.2, 0) is 4.74 Å². The van der Waals surface area contributed by atoms with E-state index in [-0.39, 0.29) is 12.0 Å². The zero-order valence-corrected chi connectivity index (χ0v) is 17.3. The molecule has 1 amide bonds. The summed E-state index contributed by atoms with van der Waals surface area (Å²) in [6.45, 7) is 6.99. The zero-order chi connectivity index (χ0) is 20.9. The van der Waals surface area contributed by atoms with Gasteiger partial charge in [-0.15, -0.1) is 0 Å². The van der Waals surface area contributed by atoms with E-state index in [1.54, 1.807) is 21.9 Å². The summed E-state index contributed by atoms with van der Waals surface area (Å²) in [6, 6.07) is 8.07. The number of rotatable bonds is 2. The lowest BCUT2D eigenvalue weighted by Crippen LogP contribution is -2.35. The number of nitrogens with one attached hydrogen (secondary N) is 1. The molecule has 30 heavy (non-hydrogen) atoms. The van der Waals surface area contributed by atoms with Crippen molar-refractivity contribution in [2.45, 2.75) is 38.7 Å². The van der Waals surface area contributed by atoms with Crippen LogP contribution in [0.2, 0.25) is 0 Å². The third-order valence-electron chi connectivity index (χ3n) is 5.43. The Kier molecular flexibility index (Phi) is 4.23. The zero-order valence-electron chi connectivity index (χ0n) is 17.3. The quantitative estimate of drug-likeness (QED) is 0.546. The minimum Gasteiger partial charge on any atom is -0.444 e. The summed E-state index contributed by atoms with van der Waals surface area (Å²) in [4.78, 5) is 22.2. The maximum atomic E-state index is 12.4. The molecule has 1 saturated heterocycles. The highest BCUT2D eigenvalue weighted by Crippen LogP contribution is 2.34. The van der Waals surface area contributed by atoms with Gasteiger partial charge in [0.05, 0.1) is 11.7 Å². The van der Waals surface area contributed by atoms with Crippen LogP contribution in [-0.4, -0.2) is 54.5 Å². The summed E-state index contributed by atoms with van der Waals surface area (Å²) in [6.07, 6.45) is 6.00. The number of likely N-dealkylation sites (tertiary alicyclic amines) is 1. The van der Waals surface area contributed by atoms with E-state index in [2.05, 4.69) is 26.2 Å². The fourth-order valence-corrected chi connectivity index (χ4v) is 4.05. The van der Waals surface area contributed by atoms with Crippen LogP contribution < -0.4 is 0 Å². The van der Waals surface area contributed by atoms with Crippen molar-refractivity contribution in [3.05, 3.63) is 48.5 Å². The molecule has 0 aliphatic carbocycles. The second kappa shape index (κ2) is 6.83. The van der Waals surface area contributed by atoms with Gasteiger partial charge in [0.25, 0.3) is 0 Å². The van der Waals surface area contributed by atoms with Gasteiger partial charge in [-0.2, -0.15) is 14.8 Å². The van der Waals surface area contributed by atoms with Gasteiger partial charge in [-0.25, -0.2) is 9.78 Å². The summed E-state index contributed by atoms with van der Waals surface area (Å²) in [5, 5.41) is 9.66. The smallest absolute Gasteiger partial charge is 0.410 e. The topological polar surface area (TPSA) is 88.4 Å². The number of hydrogen-bond acceptors (Lipinski definition) is 5. The van der Waals surface area contributed by atoms with Crippen molar-refractivity contribution in [2.24, 2.45) is 0 Å². The lowest BCUT2D eigenvalue weighted by molar-refractivity contribution is 0.0292. The first-order chi connectivity index (χ1) is 14.4. The van der Waals surface area contributed by atoms with Crippen molar-refractivity contribution >= 4 is 22.6 Å². The van der Waals surface area contributed by atoms with Crippen molar-refractivity contribution < 1.29 is 9.53 Å². The van der Waals surface area contributed by atoms with E-state index in [1.165, 1.54) is 0 Å². The molecule has 5 rings (SSSR count). The van der Waals surface area contributed by atoms with E-state index in [0.717, 1.165) is 39.8 Å². The Morgan fingerprint density at radius 3 is 2.90 bits per heavy atom. The van der Waals surface area contributed by atoms with Gasteiger partial charge in [-0.1, -0.05) is 0 Å². The number of aromatic amines is 1. The molecule has 0 unspecified atom stereocenters. The molecule has 1 aliphatic rings. The fourth-order valence-electron chi connectivity index (χ4n) is 4.05. The van der Waals surface area contributed by atoms with Crippen LogP contribution in [0, 0.1) is 0 Å². The van der Waals surface area contributed by atoms with E-state index < -0.39 is 5.60 Å². The van der Waals surface area contributed by atoms with E-state index in [1.807, 2.05) is 45.2 Å². The van der Waals surface area contributed by atoms with Gasteiger partial charge in [-0.3, -0.25) is 0 Å². The third-order valence-corrected chi connectivity index (χ3v) is 5.43. The molecule has 0 spiro atoms. The van der Waals surface area contributed by atoms with Crippen molar-refractivity contribution in [3.63, 3.8) is 0 Å². The number of pyridine rings is 1. The predicted molar refractivity (Wildman–Crippen MR) is 113 cm³/mol. The second-order valence-electron chi connectivity index (χ2n) is 8.71. The number of nitrogens with zero attached hydrogens (tertiary/aromatic N) is 5. The monoisotopic (exact) mass is 404 g/mol. The maximum Gasteiger partial charge on any atom is 0.410 e. The van der Waals surface area contributed by atoms with Crippen LogP contribution >= 0.6 is 0 Å². The summed E-state index contributed by atoms with van der Waals surface area (Å²) < 4.78 is 7.15. The molecule has 1 N–H and O–H groups in total. The van der Waals surface area contributed by atoms with E-state index in [0.29, 0.717) is 13.1 Å². The Hall–Kier alpha value is -3.42. The van der Waals surface area contributed by atoms with Crippen molar-refractivity contribution in [1.82, 2.24) is 29.7 Å². The van der Waals surface area contributed by atoms with Crippen molar-refractivity contribution in [2.75, 3.05) is 13.1 Å². The van der Waals surface area contributed by atoms with E-state index in [4.69, 9.17) is 4.74 Å². The Morgan fingerprint density at radius 2 is 2.07 bits per heavy atom. The predicted octanol–water partition coefficient (Wildman–Crippen LogP) is 4.00. The van der Waals surface area contributed by atoms with Crippen molar-refractivity contribution in [3.8, 4) is 11.1 Å². The first-order valence-corrected chi connectivity index (χ1v) is 10.1. The first-order valence-electron chi connectivity index (χ1n) is 10.1. The highest BCUT2D eigenvalue weighted by Gasteiger charge is 2.31. The lowest BCUT2D eigenvalue weighted by Gasteiger charge is -2.24. The molecule has 0 saturated carbocycles. The number of aromatic nitrogens is 5. The minimum absolute atomic E-state index is 0.227. The van der Waals surface area contributed by atoms with Gasteiger partial charge >= 0.3 is 6.09 Å². The summed E-state index contributed by atoms with van der Waals surface area (Å²) in [7, 11) is 0. The second-order valence-corrected chi connectivity index (χ2v) is 8.71. The SMILES string of the molecule is CC(C)(C)OC(=O)N1CC[C@H](c2cc3c(-c4cnn5ncccc45)ccnc3[nH]2)C1. The molecule has 0 bridgehead atoms. The van der Waals surface area contributed by atoms with Crippen LogP contribution in [0.5, 0.6) is 0 Å². The van der Waals surface area contributed by atoms with Crippen molar-refractivity contribution in [1.29, 1.82) is 0 Å². The number of fused-ring (bicyclic) bond motifs is 2. The highest BCUT2D eigenvalue weighted by molar-refractivity contribution is 5.97. The average molecular weight is 404 g/mol. The van der Waals surface area contributed by atoms with Crippen LogP contribution in [0.25, 0.3) is 27.7 Å². The van der Waals surface area contributed by atoms with Gasteiger partial charge in [0.15, 0.2) is 0 Å². The molecule has 8 nitrogen and oxygen atoms in total. The fraction of sp³-hybridized carbons (Fsp3) is 0.364. The number of carbonyl (C=O) groups excluding carboxylic acids is 1. The van der Waals surface area contributed by atoms with Gasteiger partial charge in [0.2, 0.25) is 0 Å². The van der Waals surface area contributed by atoms with Gasteiger partial charge in [0.1, 0.15) is 11.2 Å². The molecular formula is C22H24N6O2. The number of amides is 1. The van der Waals surface area contributed by atoms with Crippen LogP contribution in [0.1, 0.15) is 38.8 Å². The summed E-state index contributed by atoms with van der Waals surface area (Å²) in [5.74, 6) is 0.227. The first kappa shape index (κ1) is 18.6. The van der Waals surface area contributed by atoms with Crippen LogP contribution in [0.4, 0.5) is 4.79 Å². The van der Waals surface area contributed by atoms with Gasteiger partial charge in [-0.05, 0) is 57.0 Å². The number of H-pyrrole nitrogens is 1. The van der Waals surface area contributed by atoms with Gasteiger partial charge in [0, 0.05) is 48.0 Å². The van der Waals surface area contributed by atoms with Crippen LogP contribution in [0.15, 0.2) is 42.9 Å². The Labute approximate surface area is 173 Å². The molecule has 1 atom stereocenters. The molecule has 1 aliphatic heterocycles. The third kappa shape index (κ3) is 3.28. The average Bonchev–Trinajstić information content (AvgIpc) is 3.43. The molecule has 154 valence electrons. The number of ether oxygens (including phenoxy) is 1. The number of hydrogen-bond donors (Lipinski definition) is 1. The Bertz CT molecular complexity index is 1240. The van der Waals surface area contributed by atoms with E-state index >= 15 is 0 Å². The number of carbonyl (C=O) groups is 1. The Balaban J connectivity index is 1.45. The summed E-state index contributed by atoms with van der Waals surface area (Å²) >= 11 is 0. The minimum atomic E-state index is -0.488. The normalized spacial score (nSPS) is 17.2. The molecular weight excluding hydrogens is 380 g/mol. The van der Waals surface area contributed by atoms with Gasteiger partial charge < -0.3 is 14.6 Å². The molecule has 5 heterocycles. The summed E-state index contributed by atoms with van der Waals surface area (Å²) in [5.41, 5.74) is 4.46. The van der Waals surface area contributed by atoms with E-state index in [9.17, 15) is 4.79 Å². The molecule has 4 aromatic rings. The maximum absolute atomic E-state index is 12.4. The largest absolute Gasteiger partial charge is 0.444 e. The highest BCUT2D eigenvalue weighted by atomic mass is 16.6. The molecule has 4 aromatic heterocycles. The van der Waals surface area contributed by atoms with Crippen LogP contribution in [0.3, 0.4) is 0 Å². The molecule has 0 radical (unpaired) electrons. The standard InChI is InChI=1S/C22H24N6O2/c1-22(2,3)30-21(29)27-10-7-14(13-27)18-11-16-15(6-9-23-20(16)26-18)17-12-25-28-19(17)5-4-8-24-28/h4-6,8-9,11-12,14H,7,10,13H2,1-3H3,(H,23,26)/t14-/m0/s1. The lowest BCUT2D eigenvalue weighted by atomic mass is 10.0. The Morgan fingerprint density at radius 1 is 1.20 bits per heavy atom. The molecule has 1 fully saturated rings. The molecule has 0 aromatic carbocycles. The molecule has 8 heteroatoms.